The van der Waals surface area contributed by atoms with E-state index >= 15 is 0 Å². The van der Waals surface area contributed by atoms with Gasteiger partial charge in [0, 0.05) is 47.5 Å². The van der Waals surface area contributed by atoms with Crippen molar-refractivity contribution in [3.05, 3.63) is 0 Å². The number of rotatable bonds is 9. The molecule has 0 spiro atoms. The molecule has 2 unspecified atom stereocenters. The Morgan fingerprint density at radius 3 is 1.75 bits per heavy atom. The minimum Gasteiger partial charge on any atom is -0.380 e. The molecule has 2 aliphatic heterocycles. The van der Waals surface area contributed by atoms with Crippen LogP contribution in [0.25, 0.3) is 0 Å². The molecule has 0 aromatic rings. The van der Waals surface area contributed by atoms with Gasteiger partial charge in [-0.1, -0.05) is 26.7 Å². The van der Waals surface area contributed by atoms with Gasteiger partial charge in [-0.25, -0.2) is 4.58 Å². The van der Waals surface area contributed by atoms with Crippen molar-refractivity contribution in [1.29, 1.82) is 0 Å². The number of nitrogens with one attached hydrogen (secondary N) is 2. The third-order valence-electron chi connectivity index (χ3n) is 8.54. The van der Waals surface area contributed by atoms with Crippen LogP contribution in [-0.2, 0) is 4.79 Å². The molecule has 6 nitrogen and oxygen atoms in total. The first-order chi connectivity index (χ1) is 16.5. The van der Waals surface area contributed by atoms with Crippen LogP contribution in [0.5, 0.6) is 0 Å². The fourth-order valence-electron chi connectivity index (χ4n) is 7.85. The van der Waals surface area contributed by atoms with Crippen molar-refractivity contribution < 1.29 is 14.5 Å². The third kappa shape index (κ3) is 6.78. The maximum absolute atomic E-state index is 14.0. The van der Waals surface area contributed by atoms with Crippen molar-refractivity contribution >= 4 is 11.5 Å². The van der Waals surface area contributed by atoms with Gasteiger partial charge >= 0.3 is 0 Å². The van der Waals surface area contributed by atoms with Gasteiger partial charge in [-0.3, -0.25) is 9.69 Å². The first-order valence-corrected chi connectivity index (χ1v) is 14.7. The summed E-state index contributed by atoms with van der Waals surface area (Å²) in [7, 11) is 0. The molecule has 0 radical (unpaired) electrons. The van der Waals surface area contributed by atoms with Gasteiger partial charge in [0.05, 0.1) is 0 Å². The molecule has 6 heteroatoms. The summed E-state index contributed by atoms with van der Waals surface area (Å²) in [5.41, 5.74) is 0.671. The summed E-state index contributed by atoms with van der Waals surface area (Å²) >= 11 is 0. The predicted octanol–water partition coefficient (Wildman–Crippen LogP) is 4.27. The molecule has 0 bridgehead atoms. The van der Waals surface area contributed by atoms with Crippen LogP contribution in [0.15, 0.2) is 0 Å². The third-order valence-corrected chi connectivity index (χ3v) is 8.54. The molecule has 0 amide bonds. The maximum Gasteiger partial charge on any atom is 0.252 e. The lowest BCUT2D eigenvalue weighted by Gasteiger charge is -2.53. The van der Waals surface area contributed by atoms with Crippen molar-refractivity contribution in [3.8, 4) is 0 Å². The molecule has 2 atom stereocenters. The van der Waals surface area contributed by atoms with Crippen LogP contribution in [0.3, 0.4) is 0 Å². The number of hydrogen-bond acceptors (Lipinski definition) is 5. The number of carbonyl (C=O) groups excluding carboxylic acids is 1. The van der Waals surface area contributed by atoms with Crippen molar-refractivity contribution in [2.24, 2.45) is 0 Å². The van der Waals surface area contributed by atoms with Crippen molar-refractivity contribution in [1.82, 2.24) is 15.5 Å². The monoisotopic (exact) mass is 505 g/mol. The Labute approximate surface area is 221 Å². The van der Waals surface area contributed by atoms with E-state index in [2.05, 4.69) is 89.3 Å². The van der Waals surface area contributed by atoms with Crippen LogP contribution in [-0.4, -0.2) is 85.6 Å². The molecule has 3 aliphatic rings. The molecule has 3 N–H and O–H groups in total. The van der Waals surface area contributed by atoms with Gasteiger partial charge in [0.1, 0.15) is 12.6 Å². The van der Waals surface area contributed by atoms with Crippen LogP contribution in [0.1, 0.15) is 121 Å². The second kappa shape index (κ2) is 10.7. The number of nitrogens with zero attached hydrogens (tertiary/aromatic N) is 2. The summed E-state index contributed by atoms with van der Waals surface area (Å²) in [6.07, 6.45) is 7.48. The molecule has 208 valence electrons. The van der Waals surface area contributed by atoms with Gasteiger partial charge in [0.15, 0.2) is 12.1 Å². The molecule has 1 aliphatic carbocycles. The van der Waals surface area contributed by atoms with Crippen molar-refractivity contribution in [2.75, 3.05) is 13.1 Å². The van der Waals surface area contributed by atoms with Crippen LogP contribution < -0.4 is 10.6 Å². The highest BCUT2D eigenvalue weighted by atomic mass is 16.3. The zero-order valence-corrected chi connectivity index (χ0v) is 25.1. The molecular formula is C30H57N4O2+. The van der Waals surface area contributed by atoms with Crippen LogP contribution in [0.2, 0.25) is 0 Å². The maximum atomic E-state index is 14.0. The van der Waals surface area contributed by atoms with Gasteiger partial charge in [-0.05, 0) is 81.2 Å². The highest BCUT2D eigenvalue weighted by Crippen LogP contribution is 2.36. The lowest BCUT2D eigenvalue weighted by atomic mass is 9.75. The Kier molecular flexibility index (Phi) is 8.87. The summed E-state index contributed by atoms with van der Waals surface area (Å²) in [4.78, 5) is 16.4. The SMILES string of the molecule is CCCCN(C1CC(C)(C)NC(C)(C)C1)C1C(=O)C(=[N+](CCCC)C2CC(C)(C)NC(C)(C)C2)C1O. The van der Waals surface area contributed by atoms with E-state index in [-0.39, 0.29) is 40.0 Å². The molecule has 3 fully saturated rings. The Hall–Kier alpha value is -0.820. The van der Waals surface area contributed by atoms with E-state index in [1.807, 2.05) is 0 Å². The molecule has 2 heterocycles. The standard InChI is InChI=1S/C30H57N4O2/c1-11-13-15-33(21-17-27(3,4)31-28(5,6)18-21)23-25(35)24(26(23)36)34(16-14-12-2)22-19-29(7,8)32-30(9,10)20-22/h21-23,25,31-32,35H,11-20H2,1-10H3/q+1. The Morgan fingerprint density at radius 1 is 0.833 bits per heavy atom. The molecule has 0 aromatic carbocycles. The normalized spacial score (nSPS) is 31.4. The van der Waals surface area contributed by atoms with E-state index in [0.29, 0.717) is 5.71 Å². The summed E-state index contributed by atoms with van der Waals surface area (Å²) in [6.45, 7) is 24.2. The van der Waals surface area contributed by atoms with Gasteiger partial charge in [0.25, 0.3) is 5.71 Å². The van der Waals surface area contributed by atoms with Gasteiger partial charge in [-0.15, -0.1) is 0 Å². The predicted molar refractivity (Wildman–Crippen MR) is 150 cm³/mol. The summed E-state index contributed by atoms with van der Waals surface area (Å²) < 4.78 is 2.33. The first kappa shape index (κ1) is 29.7. The molecule has 0 aromatic heterocycles. The molecule has 1 saturated carbocycles. The zero-order chi connectivity index (χ0) is 27.1. The summed E-state index contributed by atoms with van der Waals surface area (Å²) in [5.74, 6) is 0.165. The number of hydrogen-bond donors (Lipinski definition) is 3. The molecule has 2 saturated heterocycles. The summed E-state index contributed by atoms with van der Waals surface area (Å²) in [5, 5.41) is 19.3. The minimum atomic E-state index is -0.701. The Bertz CT molecular complexity index is 797. The second-order valence-corrected chi connectivity index (χ2v) is 14.7. The Morgan fingerprint density at radius 2 is 1.31 bits per heavy atom. The molecule has 3 rings (SSSR count). The van der Waals surface area contributed by atoms with Crippen LogP contribution in [0.4, 0.5) is 0 Å². The Balaban J connectivity index is 1.94. The summed E-state index contributed by atoms with van der Waals surface area (Å²) in [6, 6.07) is 0.139. The van der Waals surface area contributed by atoms with Crippen molar-refractivity contribution in [2.45, 2.75) is 167 Å². The average molecular weight is 506 g/mol. The largest absolute Gasteiger partial charge is 0.380 e. The van der Waals surface area contributed by atoms with Gasteiger partial charge in [0.2, 0.25) is 5.78 Å². The molecule has 36 heavy (non-hydrogen) atoms. The molecular weight excluding hydrogens is 448 g/mol. The van der Waals surface area contributed by atoms with E-state index in [9.17, 15) is 9.90 Å². The zero-order valence-electron chi connectivity index (χ0n) is 25.1. The number of unbranched alkanes of at least 4 members (excludes halogenated alkanes) is 2. The van der Waals surface area contributed by atoms with E-state index in [0.717, 1.165) is 64.5 Å². The lowest BCUT2D eigenvalue weighted by Crippen LogP contribution is -2.73. The minimum absolute atomic E-state index is 0.000592. The van der Waals surface area contributed by atoms with Crippen LogP contribution in [0, 0.1) is 0 Å². The average Bonchev–Trinajstić information content (AvgIpc) is 2.69. The smallest absolute Gasteiger partial charge is 0.252 e. The van der Waals surface area contributed by atoms with Gasteiger partial charge in [-0.2, -0.15) is 0 Å². The highest BCUT2D eigenvalue weighted by Gasteiger charge is 2.58. The quantitative estimate of drug-likeness (QED) is 0.408. The fourth-order valence-corrected chi connectivity index (χ4v) is 7.85. The van der Waals surface area contributed by atoms with E-state index in [4.69, 9.17) is 0 Å². The first-order valence-electron chi connectivity index (χ1n) is 14.7. The fraction of sp³-hybridized carbons (Fsp3) is 0.933. The number of Topliss-reactive ketones (excluding diaryl/α,β-unsaturated/α-hetero) is 1. The number of carbonyl (C=O) groups is 1. The topological polar surface area (TPSA) is 67.6 Å². The number of piperidine rings is 2. The van der Waals surface area contributed by atoms with E-state index in [1.54, 1.807) is 0 Å². The van der Waals surface area contributed by atoms with E-state index in [1.165, 1.54) is 0 Å². The van der Waals surface area contributed by atoms with Gasteiger partial charge < -0.3 is 15.7 Å². The number of aliphatic hydroxyl groups excluding tert-OH is 1. The van der Waals surface area contributed by atoms with Crippen LogP contribution >= 0.6 is 0 Å². The highest BCUT2D eigenvalue weighted by molar-refractivity contribution is 6.49. The number of ketones is 1. The lowest BCUT2D eigenvalue weighted by molar-refractivity contribution is -0.576. The number of aliphatic hydroxyl groups is 1. The van der Waals surface area contributed by atoms with Crippen molar-refractivity contribution in [3.63, 3.8) is 0 Å². The van der Waals surface area contributed by atoms with E-state index < -0.39 is 12.1 Å². The second-order valence-electron chi connectivity index (χ2n) is 14.7.